The third kappa shape index (κ3) is 5.61. The van der Waals surface area contributed by atoms with Crippen LogP contribution in [0.15, 0.2) is 47.6 Å². The van der Waals surface area contributed by atoms with E-state index in [2.05, 4.69) is 20.8 Å². The molecule has 3 aromatic rings. The summed E-state index contributed by atoms with van der Waals surface area (Å²) >= 11 is 1.11. The molecule has 10 heteroatoms. The molecule has 0 radical (unpaired) electrons. The van der Waals surface area contributed by atoms with Crippen molar-refractivity contribution in [3.8, 4) is 5.69 Å². The third-order valence-corrected chi connectivity index (χ3v) is 4.74. The highest BCUT2D eigenvalue weighted by Crippen LogP contribution is 2.21. The Morgan fingerprint density at radius 1 is 1.17 bits per heavy atom. The first-order valence-corrected chi connectivity index (χ1v) is 9.61. The molecule has 0 saturated heterocycles. The van der Waals surface area contributed by atoms with Gasteiger partial charge in [0.2, 0.25) is 5.16 Å². The molecule has 1 N–H and O–H groups in total. The Kier molecular flexibility index (Phi) is 6.55. The Morgan fingerprint density at radius 2 is 1.93 bits per heavy atom. The highest BCUT2D eigenvalue weighted by Gasteiger charge is 2.15. The van der Waals surface area contributed by atoms with Gasteiger partial charge < -0.3 is 10.1 Å². The fraction of sp³-hybridized carbons (Fsp3) is 0.211. The van der Waals surface area contributed by atoms with Gasteiger partial charge in [-0.3, -0.25) is 9.59 Å². The number of tetrazole rings is 1. The van der Waals surface area contributed by atoms with Gasteiger partial charge in [-0.15, -0.1) is 5.10 Å². The number of benzene rings is 2. The number of esters is 1. The number of aryl methyl sites for hydroxylation is 2. The van der Waals surface area contributed by atoms with Crippen molar-refractivity contribution in [2.45, 2.75) is 19.0 Å². The Labute approximate surface area is 170 Å². The van der Waals surface area contributed by atoms with Gasteiger partial charge in [0.05, 0.1) is 11.4 Å². The van der Waals surface area contributed by atoms with Crippen LogP contribution < -0.4 is 5.32 Å². The molecule has 1 amide bonds. The van der Waals surface area contributed by atoms with E-state index < -0.39 is 24.3 Å². The molecule has 150 valence electrons. The van der Waals surface area contributed by atoms with Crippen molar-refractivity contribution in [2.24, 2.45) is 0 Å². The van der Waals surface area contributed by atoms with Crippen LogP contribution in [-0.4, -0.2) is 44.4 Å². The van der Waals surface area contributed by atoms with E-state index in [-0.39, 0.29) is 5.75 Å². The van der Waals surface area contributed by atoms with Crippen LogP contribution in [0.4, 0.5) is 10.1 Å². The molecular weight excluding hydrogens is 397 g/mol. The molecule has 0 unspecified atom stereocenters. The zero-order valence-electron chi connectivity index (χ0n) is 15.8. The largest absolute Gasteiger partial charge is 0.455 e. The fourth-order valence-corrected chi connectivity index (χ4v) is 3.09. The minimum atomic E-state index is -0.584. The average Bonchev–Trinajstić information content (AvgIpc) is 3.17. The van der Waals surface area contributed by atoms with E-state index in [1.807, 2.05) is 32.0 Å². The molecule has 1 heterocycles. The van der Waals surface area contributed by atoms with Gasteiger partial charge in [-0.25, -0.2) is 4.39 Å². The molecule has 0 atom stereocenters. The molecule has 0 bridgehead atoms. The van der Waals surface area contributed by atoms with Gasteiger partial charge in [-0.05, 0) is 65.7 Å². The van der Waals surface area contributed by atoms with Crippen molar-refractivity contribution in [2.75, 3.05) is 17.7 Å². The maximum atomic E-state index is 12.9. The summed E-state index contributed by atoms with van der Waals surface area (Å²) in [5.41, 5.74) is 3.28. The van der Waals surface area contributed by atoms with E-state index >= 15 is 0 Å². The van der Waals surface area contributed by atoms with Crippen LogP contribution in [0.2, 0.25) is 0 Å². The Bertz CT molecular complexity index is 1020. The van der Waals surface area contributed by atoms with Gasteiger partial charge in [0.1, 0.15) is 5.82 Å². The lowest BCUT2D eigenvalue weighted by atomic mass is 10.1. The number of nitrogens with zero attached hydrogens (tertiary/aromatic N) is 4. The summed E-state index contributed by atoms with van der Waals surface area (Å²) in [6, 6.07) is 11.2. The number of hydrogen-bond acceptors (Lipinski definition) is 7. The van der Waals surface area contributed by atoms with Gasteiger partial charge in [-0.1, -0.05) is 23.9 Å². The van der Waals surface area contributed by atoms with Crippen molar-refractivity contribution < 1.29 is 18.7 Å². The maximum Gasteiger partial charge on any atom is 0.316 e. The molecule has 2 aromatic carbocycles. The Balaban J connectivity index is 1.51. The van der Waals surface area contributed by atoms with Crippen molar-refractivity contribution in [3.63, 3.8) is 0 Å². The lowest BCUT2D eigenvalue weighted by molar-refractivity contribution is -0.144. The summed E-state index contributed by atoms with van der Waals surface area (Å²) < 4.78 is 19.4. The lowest BCUT2D eigenvalue weighted by Crippen LogP contribution is -2.21. The van der Waals surface area contributed by atoms with Gasteiger partial charge in [-0.2, -0.15) is 4.68 Å². The van der Waals surface area contributed by atoms with E-state index in [1.54, 1.807) is 4.68 Å². The third-order valence-electron chi connectivity index (χ3n) is 3.85. The zero-order valence-corrected chi connectivity index (χ0v) is 16.6. The summed E-state index contributed by atoms with van der Waals surface area (Å²) in [4.78, 5) is 23.8. The van der Waals surface area contributed by atoms with E-state index in [0.717, 1.165) is 28.6 Å². The number of thioether (sulfide) groups is 1. The molecule has 3 rings (SSSR count). The SMILES string of the molecule is Cc1ccc(C)c(-n2nnnc2SCC(=O)OCC(=O)Nc2ccc(F)cc2)c1. The standard InChI is InChI=1S/C19H18FN5O3S/c1-12-3-4-13(2)16(9-12)25-19(22-23-24-25)29-11-18(27)28-10-17(26)21-15-7-5-14(20)6-8-15/h3-9H,10-11H2,1-2H3,(H,21,26). The molecule has 0 saturated carbocycles. The van der Waals surface area contributed by atoms with Gasteiger partial charge in [0.15, 0.2) is 6.61 Å². The van der Waals surface area contributed by atoms with E-state index in [9.17, 15) is 14.0 Å². The smallest absolute Gasteiger partial charge is 0.316 e. The molecule has 1 aromatic heterocycles. The molecule has 0 aliphatic heterocycles. The van der Waals surface area contributed by atoms with Crippen LogP contribution in [0, 0.1) is 19.7 Å². The van der Waals surface area contributed by atoms with Gasteiger partial charge in [0.25, 0.3) is 5.91 Å². The molecule has 8 nitrogen and oxygen atoms in total. The van der Waals surface area contributed by atoms with Crippen LogP contribution in [0.3, 0.4) is 0 Å². The van der Waals surface area contributed by atoms with Crippen molar-refractivity contribution >= 4 is 29.3 Å². The predicted molar refractivity (Wildman–Crippen MR) is 105 cm³/mol. The topological polar surface area (TPSA) is 99.0 Å². The normalized spacial score (nSPS) is 10.6. The number of carbonyl (C=O) groups excluding carboxylic acids is 2. The predicted octanol–water partition coefficient (Wildman–Crippen LogP) is 2.69. The van der Waals surface area contributed by atoms with Crippen LogP contribution in [-0.2, 0) is 14.3 Å². The summed E-state index contributed by atoms with van der Waals surface area (Å²) in [6.07, 6.45) is 0. The van der Waals surface area contributed by atoms with Gasteiger partial charge in [0, 0.05) is 5.69 Å². The van der Waals surface area contributed by atoms with Crippen molar-refractivity contribution in [1.82, 2.24) is 20.2 Å². The summed E-state index contributed by atoms with van der Waals surface area (Å²) in [7, 11) is 0. The minimum absolute atomic E-state index is 0.0605. The quantitative estimate of drug-likeness (QED) is 0.468. The Morgan fingerprint density at radius 3 is 2.69 bits per heavy atom. The second-order valence-electron chi connectivity index (χ2n) is 6.17. The van der Waals surface area contributed by atoms with E-state index in [0.29, 0.717) is 10.8 Å². The highest BCUT2D eigenvalue weighted by molar-refractivity contribution is 7.99. The van der Waals surface area contributed by atoms with Crippen LogP contribution in [0.1, 0.15) is 11.1 Å². The number of ether oxygens (including phenoxy) is 1. The molecule has 0 fully saturated rings. The maximum absolute atomic E-state index is 12.9. The second-order valence-corrected chi connectivity index (χ2v) is 7.11. The second kappa shape index (κ2) is 9.28. The first kappa shape index (κ1) is 20.5. The van der Waals surface area contributed by atoms with Crippen molar-refractivity contribution in [1.29, 1.82) is 0 Å². The summed E-state index contributed by atoms with van der Waals surface area (Å²) in [6.45, 7) is 3.46. The first-order valence-electron chi connectivity index (χ1n) is 8.62. The van der Waals surface area contributed by atoms with Gasteiger partial charge >= 0.3 is 5.97 Å². The number of carbonyl (C=O) groups is 2. The molecule has 0 aliphatic carbocycles. The molecule has 0 spiro atoms. The van der Waals surface area contributed by atoms with E-state index in [1.165, 1.54) is 24.3 Å². The monoisotopic (exact) mass is 415 g/mol. The fourth-order valence-electron chi connectivity index (χ4n) is 2.41. The highest BCUT2D eigenvalue weighted by atomic mass is 32.2. The number of aromatic nitrogens is 4. The average molecular weight is 415 g/mol. The number of halogens is 1. The number of nitrogens with one attached hydrogen (secondary N) is 1. The molecule has 29 heavy (non-hydrogen) atoms. The zero-order chi connectivity index (χ0) is 20.8. The molecule has 0 aliphatic rings. The minimum Gasteiger partial charge on any atom is -0.455 e. The lowest BCUT2D eigenvalue weighted by Gasteiger charge is -2.09. The van der Waals surface area contributed by atoms with Crippen LogP contribution in [0.5, 0.6) is 0 Å². The van der Waals surface area contributed by atoms with Crippen molar-refractivity contribution in [3.05, 3.63) is 59.4 Å². The number of amides is 1. The summed E-state index contributed by atoms with van der Waals surface area (Å²) in [5, 5.41) is 14.5. The van der Waals surface area contributed by atoms with E-state index in [4.69, 9.17) is 4.74 Å². The van der Waals surface area contributed by atoms with Crippen LogP contribution in [0.25, 0.3) is 5.69 Å². The van der Waals surface area contributed by atoms with Crippen LogP contribution >= 0.6 is 11.8 Å². The summed E-state index contributed by atoms with van der Waals surface area (Å²) in [5.74, 6) is -1.57. The first-order chi connectivity index (χ1) is 13.9. The number of anilines is 1. The number of rotatable bonds is 7. The Hall–Kier alpha value is -3.27. The number of hydrogen-bond donors (Lipinski definition) is 1. The molecular formula is C19H18FN5O3S.